The molecule has 0 bridgehead atoms. The summed E-state index contributed by atoms with van der Waals surface area (Å²) in [4.78, 5) is 4.20. The van der Waals surface area contributed by atoms with Crippen molar-refractivity contribution in [2.75, 3.05) is 7.05 Å². The highest BCUT2D eigenvalue weighted by Crippen LogP contribution is 1.99. The standard InChI is InChI=1S/C9H17N3O/c1-8(13)3-4-12-6-9(5-10-2)11-7-12/h6-8,10,13H,3-5H2,1-2H3. The van der Waals surface area contributed by atoms with Gasteiger partial charge in [-0.25, -0.2) is 4.98 Å². The summed E-state index contributed by atoms with van der Waals surface area (Å²) in [5.41, 5.74) is 1.04. The highest BCUT2D eigenvalue weighted by molar-refractivity contribution is 4.95. The number of aryl methyl sites for hydroxylation is 1. The maximum Gasteiger partial charge on any atom is 0.0949 e. The topological polar surface area (TPSA) is 50.1 Å². The first-order valence-electron chi connectivity index (χ1n) is 4.55. The van der Waals surface area contributed by atoms with Gasteiger partial charge in [-0.15, -0.1) is 0 Å². The first-order chi connectivity index (χ1) is 6.22. The third kappa shape index (κ3) is 3.57. The largest absolute Gasteiger partial charge is 0.393 e. The normalized spacial score (nSPS) is 13.2. The Kier molecular flexibility index (Phi) is 3.92. The van der Waals surface area contributed by atoms with Gasteiger partial charge in [-0.2, -0.15) is 0 Å². The summed E-state index contributed by atoms with van der Waals surface area (Å²) in [7, 11) is 1.90. The highest BCUT2D eigenvalue weighted by Gasteiger charge is 1.99. The van der Waals surface area contributed by atoms with E-state index < -0.39 is 0 Å². The van der Waals surface area contributed by atoms with Crippen molar-refractivity contribution in [1.82, 2.24) is 14.9 Å². The van der Waals surface area contributed by atoms with Crippen LogP contribution in [0.25, 0.3) is 0 Å². The highest BCUT2D eigenvalue weighted by atomic mass is 16.3. The smallest absolute Gasteiger partial charge is 0.0949 e. The Bertz CT molecular complexity index is 245. The molecule has 1 aromatic rings. The third-order valence-corrected chi connectivity index (χ3v) is 1.85. The molecule has 0 aliphatic carbocycles. The van der Waals surface area contributed by atoms with Crippen molar-refractivity contribution in [2.45, 2.75) is 32.5 Å². The average molecular weight is 183 g/mol. The molecule has 0 aromatic carbocycles. The predicted molar refractivity (Wildman–Crippen MR) is 51.3 cm³/mol. The van der Waals surface area contributed by atoms with Crippen molar-refractivity contribution >= 4 is 0 Å². The van der Waals surface area contributed by atoms with Crippen LogP contribution in [0.2, 0.25) is 0 Å². The van der Waals surface area contributed by atoms with E-state index in [0.29, 0.717) is 0 Å². The Morgan fingerprint density at radius 2 is 2.46 bits per heavy atom. The second kappa shape index (κ2) is 4.99. The minimum absolute atomic E-state index is 0.241. The van der Waals surface area contributed by atoms with Crippen molar-refractivity contribution in [2.24, 2.45) is 0 Å². The number of nitrogens with zero attached hydrogens (tertiary/aromatic N) is 2. The number of hydrogen-bond acceptors (Lipinski definition) is 3. The fourth-order valence-electron chi connectivity index (χ4n) is 1.14. The first kappa shape index (κ1) is 10.2. The maximum absolute atomic E-state index is 9.08. The summed E-state index contributed by atoms with van der Waals surface area (Å²) in [5, 5.41) is 12.1. The molecule has 0 aliphatic heterocycles. The van der Waals surface area contributed by atoms with E-state index in [4.69, 9.17) is 5.11 Å². The van der Waals surface area contributed by atoms with E-state index in [2.05, 4.69) is 10.3 Å². The zero-order chi connectivity index (χ0) is 9.68. The molecule has 74 valence electrons. The second-order valence-electron chi connectivity index (χ2n) is 3.27. The molecule has 13 heavy (non-hydrogen) atoms. The van der Waals surface area contributed by atoms with Crippen molar-refractivity contribution in [3.05, 3.63) is 18.2 Å². The van der Waals surface area contributed by atoms with Gasteiger partial charge in [-0.3, -0.25) is 0 Å². The SMILES string of the molecule is CNCc1cn(CCC(C)O)cn1. The lowest BCUT2D eigenvalue weighted by Crippen LogP contribution is -2.06. The summed E-state index contributed by atoms with van der Waals surface area (Å²) in [6.07, 6.45) is 4.33. The van der Waals surface area contributed by atoms with E-state index in [0.717, 1.165) is 25.2 Å². The number of aliphatic hydroxyl groups excluding tert-OH is 1. The van der Waals surface area contributed by atoms with E-state index in [1.165, 1.54) is 0 Å². The minimum Gasteiger partial charge on any atom is -0.393 e. The van der Waals surface area contributed by atoms with Crippen LogP contribution in [0.5, 0.6) is 0 Å². The molecule has 0 fully saturated rings. The van der Waals surface area contributed by atoms with E-state index in [1.54, 1.807) is 13.3 Å². The van der Waals surface area contributed by atoms with Crippen molar-refractivity contribution < 1.29 is 5.11 Å². The van der Waals surface area contributed by atoms with Crippen LogP contribution in [0.3, 0.4) is 0 Å². The van der Waals surface area contributed by atoms with Crippen LogP contribution in [0.4, 0.5) is 0 Å². The Morgan fingerprint density at radius 3 is 3.08 bits per heavy atom. The summed E-state index contributed by atoms with van der Waals surface area (Å²) in [6, 6.07) is 0. The Hall–Kier alpha value is -0.870. The van der Waals surface area contributed by atoms with Gasteiger partial charge < -0.3 is 15.0 Å². The van der Waals surface area contributed by atoms with E-state index >= 15 is 0 Å². The number of rotatable bonds is 5. The van der Waals surface area contributed by atoms with Crippen LogP contribution in [-0.4, -0.2) is 27.8 Å². The van der Waals surface area contributed by atoms with Gasteiger partial charge in [-0.1, -0.05) is 0 Å². The third-order valence-electron chi connectivity index (χ3n) is 1.85. The molecule has 1 unspecified atom stereocenters. The molecule has 1 atom stereocenters. The lowest BCUT2D eigenvalue weighted by molar-refractivity contribution is 0.178. The summed E-state index contributed by atoms with van der Waals surface area (Å²) < 4.78 is 2.00. The van der Waals surface area contributed by atoms with E-state index in [-0.39, 0.29) is 6.10 Å². The number of aliphatic hydroxyl groups is 1. The molecule has 0 saturated heterocycles. The molecule has 0 radical (unpaired) electrons. The Morgan fingerprint density at radius 1 is 1.69 bits per heavy atom. The quantitative estimate of drug-likeness (QED) is 0.693. The van der Waals surface area contributed by atoms with Gasteiger partial charge in [0.2, 0.25) is 0 Å². The second-order valence-corrected chi connectivity index (χ2v) is 3.27. The zero-order valence-electron chi connectivity index (χ0n) is 8.20. The fourth-order valence-corrected chi connectivity index (χ4v) is 1.14. The molecule has 0 spiro atoms. The van der Waals surface area contributed by atoms with Gasteiger partial charge in [0, 0.05) is 19.3 Å². The molecule has 4 nitrogen and oxygen atoms in total. The van der Waals surface area contributed by atoms with Crippen LogP contribution >= 0.6 is 0 Å². The number of hydrogen-bond donors (Lipinski definition) is 2. The molecular formula is C9H17N3O. The molecular weight excluding hydrogens is 166 g/mol. The Labute approximate surface area is 78.6 Å². The van der Waals surface area contributed by atoms with Crippen molar-refractivity contribution in [3.8, 4) is 0 Å². The summed E-state index contributed by atoms with van der Waals surface area (Å²) in [6.45, 7) is 3.42. The lowest BCUT2D eigenvalue weighted by atomic mass is 10.3. The van der Waals surface area contributed by atoms with Gasteiger partial charge in [0.1, 0.15) is 0 Å². The molecule has 1 heterocycles. The van der Waals surface area contributed by atoms with Gasteiger partial charge in [0.25, 0.3) is 0 Å². The number of imidazole rings is 1. The van der Waals surface area contributed by atoms with Crippen LogP contribution in [-0.2, 0) is 13.1 Å². The summed E-state index contributed by atoms with van der Waals surface area (Å²) in [5.74, 6) is 0. The van der Waals surface area contributed by atoms with E-state index in [1.807, 2.05) is 17.8 Å². The van der Waals surface area contributed by atoms with Gasteiger partial charge in [-0.05, 0) is 20.4 Å². The monoisotopic (exact) mass is 183 g/mol. The van der Waals surface area contributed by atoms with Crippen LogP contribution in [0, 0.1) is 0 Å². The maximum atomic E-state index is 9.08. The zero-order valence-corrected chi connectivity index (χ0v) is 8.20. The molecule has 0 saturated carbocycles. The lowest BCUT2D eigenvalue weighted by Gasteiger charge is -2.03. The fraction of sp³-hybridized carbons (Fsp3) is 0.667. The van der Waals surface area contributed by atoms with Crippen LogP contribution in [0.1, 0.15) is 19.0 Å². The van der Waals surface area contributed by atoms with Crippen LogP contribution < -0.4 is 5.32 Å². The van der Waals surface area contributed by atoms with Gasteiger partial charge in [0.05, 0.1) is 18.1 Å². The van der Waals surface area contributed by atoms with E-state index in [9.17, 15) is 0 Å². The average Bonchev–Trinajstić information content (AvgIpc) is 2.50. The van der Waals surface area contributed by atoms with Gasteiger partial charge >= 0.3 is 0 Å². The van der Waals surface area contributed by atoms with Crippen molar-refractivity contribution in [1.29, 1.82) is 0 Å². The molecule has 0 amide bonds. The molecule has 0 aliphatic rings. The summed E-state index contributed by atoms with van der Waals surface area (Å²) >= 11 is 0. The predicted octanol–water partition coefficient (Wildman–Crippen LogP) is 0.373. The number of nitrogens with one attached hydrogen (secondary N) is 1. The van der Waals surface area contributed by atoms with Crippen LogP contribution in [0.15, 0.2) is 12.5 Å². The van der Waals surface area contributed by atoms with Gasteiger partial charge in [0.15, 0.2) is 0 Å². The molecule has 2 N–H and O–H groups in total. The first-order valence-corrected chi connectivity index (χ1v) is 4.55. The van der Waals surface area contributed by atoms with Crippen molar-refractivity contribution in [3.63, 3.8) is 0 Å². The number of aromatic nitrogens is 2. The molecule has 4 heteroatoms. The molecule has 1 rings (SSSR count). The molecule has 1 aromatic heterocycles. The minimum atomic E-state index is -0.241. The Balaban J connectivity index is 2.39.